The van der Waals surface area contributed by atoms with E-state index in [9.17, 15) is 4.39 Å². The number of nitrogens with two attached hydrogens (primary N) is 1. The monoisotopic (exact) mass is 207 g/mol. The summed E-state index contributed by atoms with van der Waals surface area (Å²) >= 11 is 0. The van der Waals surface area contributed by atoms with Crippen molar-refractivity contribution in [3.05, 3.63) is 35.1 Å². The molecule has 15 heavy (non-hydrogen) atoms. The van der Waals surface area contributed by atoms with Crippen molar-refractivity contribution in [1.29, 1.82) is 0 Å². The molecule has 0 amide bonds. The van der Waals surface area contributed by atoms with Gasteiger partial charge in [-0.25, -0.2) is 4.39 Å². The van der Waals surface area contributed by atoms with Gasteiger partial charge in [-0.15, -0.1) is 0 Å². The van der Waals surface area contributed by atoms with E-state index >= 15 is 0 Å². The van der Waals surface area contributed by atoms with Crippen LogP contribution in [0.25, 0.3) is 0 Å². The summed E-state index contributed by atoms with van der Waals surface area (Å²) in [6.07, 6.45) is 2.20. The van der Waals surface area contributed by atoms with Gasteiger partial charge < -0.3 is 5.73 Å². The fraction of sp³-hybridized carbons (Fsp3) is 0.538. The Morgan fingerprint density at radius 2 is 2.20 bits per heavy atom. The largest absolute Gasteiger partial charge is 0.330 e. The zero-order chi connectivity index (χ0) is 11.1. The Bertz CT molecular complexity index is 371. The van der Waals surface area contributed by atoms with E-state index in [1.807, 2.05) is 6.07 Å². The van der Waals surface area contributed by atoms with Crippen LogP contribution in [0.4, 0.5) is 4.39 Å². The van der Waals surface area contributed by atoms with Crippen LogP contribution in [0.5, 0.6) is 0 Å². The van der Waals surface area contributed by atoms with E-state index in [1.54, 1.807) is 12.1 Å². The van der Waals surface area contributed by atoms with Crippen LogP contribution in [0.15, 0.2) is 18.2 Å². The molecular formula is C13H18FN. The van der Waals surface area contributed by atoms with Crippen molar-refractivity contribution in [2.24, 2.45) is 5.73 Å². The van der Waals surface area contributed by atoms with Gasteiger partial charge in [0.25, 0.3) is 0 Å². The van der Waals surface area contributed by atoms with E-state index in [4.69, 9.17) is 5.73 Å². The Kier molecular flexibility index (Phi) is 2.55. The topological polar surface area (TPSA) is 26.0 Å². The van der Waals surface area contributed by atoms with Gasteiger partial charge >= 0.3 is 0 Å². The van der Waals surface area contributed by atoms with Crippen LogP contribution in [-0.2, 0) is 5.41 Å². The zero-order valence-electron chi connectivity index (χ0n) is 9.39. The maximum absolute atomic E-state index is 13.2. The highest BCUT2D eigenvalue weighted by Gasteiger charge is 2.32. The second kappa shape index (κ2) is 3.60. The fourth-order valence-corrected chi connectivity index (χ4v) is 2.54. The van der Waals surface area contributed by atoms with E-state index in [0.29, 0.717) is 12.5 Å². The molecule has 1 atom stereocenters. The number of halogens is 1. The van der Waals surface area contributed by atoms with Crippen LogP contribution in [0.1, 0.15) is 43.7 Å². The van der Waals surface area contributed by atoms with Crippen LogP contribution in [0.2, 0.25) is 0 Å². The molecule has 2 heteroatoms. The Morgan fingerprint density at radius 3 is 2.87 bits per heavy atom. The molecule has 0 saturated heterocycles. The first-order valence-electron chi connectivity index (χ1n) is 5.54. The molecule has 1 aromatic carbocycles. The highest BCUT2D eigenvalue weighted by Crippen LogP contribution is 2.42. The third-order valence-corrected chi connectivity index (χ3v) is 3.59. The number of hydrogen-bond donors (Lipinski definition) is 1. The molecule has 1 aliphatic carbocycles. The highest BCUT2D eigenvalue weighted by molar-refractivity contribution is 5.39. The molecule has 0 aliphatic heterocycles. The van der Waals surface area contributed by atoms with Gasteiger partial charge in [-0.2, -0.15) is 0 Å². The number of rotatable bonds is 1. The summed E-state index contributed by atoms with van der Waals surface area (Å²) in [5.41, 5.74) is 8.23. The Balaban J connectivity index is 2.53. The van der Waals surface area contributed by atoms with Gasteiger partial charge in [0.2, 0.25) is 0 Å². The van der Waals surface area contributed by atoms with Crippen molar-refractivity contribution in [2.45, 2.75) is 38.0 Å². The first-order valence-corrected chi connectivity index (χ1v) is 5.54. The molecule has 0 radical (unpaired) electrons. The molecule has 1 aliphatic rings. The van der Waals surface area contributed by atoms with Crippen LogP contribution < -0.4 is 5.73 Å². The summed E-state index contributed by atoms with van der Waals surface area (Å²) in [6.45, 7) is 5.02. The first kappa shape index (κ1) is 10.6. The fourth-order valence-electron chi connectivity index (χ4n) is 2.54. The van der Waals surface area contributed by atoms with E-state index in [-0.39, 0.29) is 11.2 Å². The summed E-state index contributed by atoms with van der Waals surface area (Å²) in [5, 5.41) is 0. The van der Waals surface area contributed by atoms with Crippen molar-refractivity contribution in [2.75, 3.05) is 6.54 Å². The predicted octanol–water partition coefficient (Wildman–Crippen LogP) is 2.94. The van der Waals surface area contributed by atoms with Crippen molar-refractivity contribution in [3.63, 3.8) is 0 Å². The number of benzene rings is 1. The lowest BCUT2D eigenvalue weighted by Crippen LogP contribution is -2.29. The van der Waals surface area contributed by atoms with E-state index in [1.165, 1.54) is 5.56 Å². The summed E-state index contributed by atoms with van der Waals surface area (Å²) in [6, 6.07) is 5.13. The lowest BCUT2D eigenvalue weighted by Gasteiger charge is -2.36. The first-order chi connectivity index (χ1) is 7.04. The smallest absolute Gasteiger partial charge is 0.123 e. The predicted molar refractivity (Wildman–Crippen MR) is 60.5 cm³/mol. The Labute approximate surface area is 90.5 Å². The summed E-state index contributed by atoms with van der Waals surface area (Å²) in [5.74, 6) is 0.271. The van der Waals surface area contributed by atoms with Crippen molar-refractivity contribution in [1.82, 2.24) is 0 Å². The molecule has 0 aromatic heterocycles. The van der Waals surface area contributed by atoms with E-state index in [2.05, 4.69) is 13.8 Å². The Hall–Kier alpha value is -0.890. The molecule has 0 heterocycles. The lowest BCUT2D eigenvalue weighted by molar-refractivity contribution is 0.392. The molecule has 82 valence electrons. The highest BCUT2D eigenvalue weighted by atomic mass is 19.1. The zero-order valence-corrected chi connectivity index (χ0v) is 9.39. The van der Waals surface area contributed by atoms with Gasteiger partial charge in [0.05, 0.1) is 0 Å². The lowest BCUT2D eigenvalue weighted by atomic mass is 9.69. The number of fused-ring (bicyclic) bond motifs is 1. The van der Waals surface area contributed by atoms with Crippen molar-refractivity contribution >= 4 is 0 Å². The summed E-state index contributed by atoms with van der Waals surface area (Å²) in [4.78, 5) is 0. The molecule has 1 unspecified atom stereocenters. The quantitative estimate of drug-likeness (QED) is 0.752. The normalized spacial score (nSPS) is 23.6. The van der Waals surface area contributed by atoms with Crippen LogP contribution in [-0.4, -0.2) is 6.54 Å². The molecule has 2 rings (SSSR count). The van der Waals surface area contributed by atoms with Crippen LogP contribution in [0, 0.1) is 5.82 Å². The van der Waals surface area contributed by atoms with E-state index < -0.39 is 0 Å². The van der Waals surface area contributed by atoms with Gasteiger partial charge in [0.1, 0.15) is 5.82 Å². The third-order valence-electron chi connectivity index (χ3n) is 3.59. The van der Waals surface area contributed by atoms with Gasteiger partial charge in [-0.1, -0.05) is 19.9 Å². The molecule has 1 aromatic rings. The maximum Gasteiger partial charge on any atom is 0.123 e. The third kappa shape index (κ3) is 1.78. The molecule has 1 nitrogen and oxygen atoms in total. The number of hydrogen-bond acceptors (Lipinski definition) is 1. The molecular weight excluding hydrogens is 189 g/mol. The minimum atomic E-state index is -0.139. The van der Waals surface area contributed by atoms with Gasteiger partial charge in [-0.3, -0.25) is 0 Å². The maximum atomic E-state index is 13.2. The van der Waals surface area contributed by atoms with Gasteiger partial charge in [0.15, 0.2) is 0 Å². The minimum absolute atomic E-state index is 0.0864. The summed E-state index contributed by atoms with van der Waals surface area (Å²) < 4.78 is 13.2. The second-order valence-electron chi connectivity index (χ2n) is 5.09. The minimum Gasteiger partial charge on any atom is -0.330 e. The molecule has 0 bridgehead atoms. The second-order valence-corrected chi connectivity index (χ2v) is 5.09. The van der Waals surface area contributed by atoms with Crippen LogP contribution >= 0.6 is 0 Å². The molecule has 0 spiro atoms. The van der Waals surface area contributed by atoms with Gasteiger partial charge in [0, 0.05) is 0 Å². The Morgan fingerprint density at radius 1 is 1.47 bits per heavy atom. The standard InChI is InChI=1S/C13H18FN/c1-13(2)6-5-9(8-15)11-4-3-10(14)7-12(11)13/h3-4,7,9H,5-6,8,15H2,1-2H3. The average molecular weight is 207 g/mol. The van der Waals surface area contributed by atoms with Crippen molar-refractivity contribution in [3.8, 4) is 0 Å². The van der Waals surface area contributed by atoms with Crippen molar-refractivity contribution < 1.29 is 4.39 Å². The van der Waals surface area contributed by atoms with E-state index in [0.717, 1.165) is 18.4 Å². The molecule has 0 fully saturated rings. The molecule has 2 N–H and O–H groups in total. The van der Waals surface area contributed by atoms with Gasteiger partial charge in [-0.05, 0) is 54.0 Å². The summed E-state index contributed by atoms with van der Waals surface area (Å²) in [7, 11) is 0. The average Bonchev–Trinajstić information content (AvgIpc) is 2.19. The molecule has 0 saturated carbocycles. The SMILES string of the molecule is CC1(C)CCC(CN)c2ccc(F)cc21. The van der Waals surface area contributed by atoms with Crippen LogP contribution in [0.3, 0.4) is 0 Å².